The van der Waals surface area contributed by atoms with Gasteiger partial charge in [-0.25, -0.2) is 14.4 Å². The summed E-state index contributed by atoms with van der Waals surface area (Å²) >= 11 is 5.65. The molecule has 6 nitrogen and oxygen atoms in total. The summed E-state index contributed by atoms with van der Waals surface area (Å²) in [5, 5.41) is 2.63. The van der Waals surface area contributed by atoms with Crippen LogP contribution in [0.15, 0.2) is 24.5 Å². The molecule has 2 aromatic rings. The maximum Gasteiger partial charge on any atom is 0.419 e. The van der Waals surface area contributed by atoms with Crippen LogP contribution in [0, 0.1) is 5.82 Å². The van der Waals surface area contributed by atoms with Gasteiger partial charge in [-0.2, -0.15) is 13.2 Å². The zero-order valence-electron chi connectivity index (χ0n) is 15.1. The monoisotopic (exact) mass is 430 g/mol. The van der Waals surface area contributed by atoms with Crippen LogP contribution in [0.1, 0.15) is 40.2 Å². The second-order valence-electron chi connectivity index (χ2n) is 6.59. The summed E-state index contributed by atoms with van der Waals surface area (Å²) in [5.74, 6) is -3.30. The van der Waals surface area contributed by atoms with E-state index in [0.29, 0.717) is 18.9 Å². The Morgan fingerprint density at radius 1 is 1.24 bits per heavy atom. The molecule has 1 aliphatic carbocycles. The maximum atomic E-state index is 14.5. The van der Waals surface area contributed by atoms with E-state index >= 15 is 0 Å². The highest BCUT2D eigenvalue weighted by Crippen LogP contribution is 2.45. The number of carbonyl (C=O) groups is 2. The van der Waals surface area contributed by atoms with Crippen molar-refractivity contribution in [1.82, 2.24) is 14.9 Å². The molecule has 0 radical (unpaired) electrons. The average molecular weight is 431 g/mol. The summed E-state index contributed by atoms with van der Waals surface area (Å²) in [4.78, 5) is 33.3. The quantitative estimate of drug-likeness (QED) is 0.730. The van der Waals surface area contributed by atoms with Crippen LogP contribution in [-0.2, 0) is 11.0 Å². The van der Waals surface area contributed by atoms with Crippen LogP contribution in [0.3, 0.4) is 0 Å². The summed E-state index contributed by atoms with van der Waals surface area (Å²) < 4.78 is 53.5. The number of rotatable bonds is 5. The Morgan fingerprint density at radius 3 is 2.41 bits per heavy atom. The van der Waals surface area contributed by atoms with E-state index in [9.17, 15) is 27.2 Å². The van der Waals surface area contributed by atoms with E-state index in [1.807, 2.05) is 0 Å². The van der Waals surface area contributed by atoms with Gasteiger partial charge in [0.25, 0.3) is 5.91 Å². The number of hydrogen-bond acceptors (Lipinski definition) is 4. The molecule has 0 atom stereocenters. The van der Waals surface area contributed by atoms with Gasteiger partial charge in [-0.05, 0) is 30.9 Å². The summed E-state index contributed by atoms with van der Waals surface area (Å²) in [7, 11) is 1.29. The predicted octanol–water partition coefficient (Wildman–Crippen LogP) is 3.88. The molecule has 0 aliphatic heterocycles. The number of likely N-dealkylation sites (N-methyl/N-ethyl adjacent to an activating group) is 1. The summed E-state index contributed by atoms with van der Waals surface area (Å²) in [6.45, 7) is -0.433. The first-order chi connectivity index (χ1) is 13.6. The number of carbonyl (C=O) groups excluding carboxylic acids is 2. The van der Waals surface area contributed by atoms with E-state index in [1.54, 1.807) is 0 Å². The maximum absolute atomic E-state index is 14.5. The molecule has 1 heterocycles. The summed E-state index contributed by atoms with van der Waals surface area (Å²) in [6.07, 6.45) is -1.33. The zero-order valence-corrected chi connectivity index (χ0v) is 15.8. The van der Waals surface area contributed by atoms with Gasteiger partial charge >= 0.3 is 6.18 Å². The first-order valence-electron chi connectivity index (χ1n) is 8.50. The summed E-state index contributed by atoms with van der Waals surface area (Å²) in [6, 6.07) is 1.50. The van der Waals surface area contributed by atoms with Crippen LogP contribution in [0.25, 0.3) is 0 Å². The van der Waals surface area contributed by atoms with Gasteiger partial charge in [0.05, 0.1) is 29.5 Å². The van der Waals surface area contributed by atoms with Crippen LogP contribution in [0.2, 0.25) is 5.02 Å². The van der Waals surface area contributed by atoms with Gasteiger partial charge in [-0.3, -0.25) is 14.9 Å². The molecule has 1 aliphatic rings. The van der Waals surface area contributed by atoms with Gasteiger partial charge in [0.2, 0.25) is 11.9 Å². The predicted molar refractivity (Wildman–Crippen MR) is 96.0 cm³/mol. The fourth-order valence-corrected chi connectivity index (χ4v) is 2.90. The highest BCUT2D eigenvalue weighted by Gasteiger charge is 2.40. The third-order valence-electron chi connectivity index (χ3n) is 4.30. The van der Waals surface area contributed by atoms with Gasteiger partial charge in [0.1, 0.15) is 5.82 Å². The molecule has 1 aromatic heterocycles. The van der Waals surface area contributed by atoms with E-state index in [1.165, 1.54) is 19.4 Å². The lowest BCUT2D eigenvalue weighted by atomic mass is 9.97. The van der Waals surface area contributed by atoms with Gasteiger partial charge in [0, 0.05) is 18.2 Å². The molecule has 11 heteroatoms. The third-order valence-corrected chi connectivity index (χ3v) is 4.50. The zero-order chi connectivity index (χ0) is 21.3. The molecule has 0 unspecified atom stereocenters. The molecule has 1 saturated carbocycles. The minimum Gasteiger partial charge on any atom is -0.332 e. The molecule has 1 N–H and O–H groups in total. The van der Waals surface area contributed by atoms with E-state index in [4.69, 9.17) is 11.6 Å². The fraction of sp³-hybridized carbons (Fsp3) is 0.333. The number of hydrogen-bond donors (Lipinski definition) is 1. The van der Waals surface area contributed by atoms with E-state index < -0.39 is 41.8 Å². The number of aromatic nitrogens is 2. The molecular formula is C18H15ClF4N4O2. The van der Waals surface area contributed by atoms with E-state index in [0.717, 1.165) is 11.0 Å². The van der Waals surface area contributed by atoms with Crippen LogP contribution in [-0.4, -0.2) is 40.3 Å². The Labute approximate surface area is 167 Å². The topological polar surface area (TPSA) is 75.2 Å². The van der Waals surface area contributed by atoms with Crippen molar-refractivity contribution >= 4 is 29.4 Å². The smallest absolute Gasteiger partial charge is 0.332 e. The lowest BCUT2D eigenvalue weighted by molar-refractivity contribution is -0.140. The molecule has 29 heavy (non-hydrogen) atoms. The molecule has 154 valence electrons. The van der Waals surface area contributed by atoms with Gasteiger partial charge in [0.15, 0.2) is 0 Å². The lowest BCUT2D eigenvalue weighted by Crippen LogP contribution is -2.36. The Bertz CT molecular complexity index is 946. The molecule has 2 amide bonds. The third kappa shape index (κ3) is 4.81. The second kappa shape index (κ2) is 7.94. The van der Waals surface area contributed by atoms with Crippen LogP contribution in [0.4, 0.5) is 23.5 Å². The standard InChI is InChI=1S/C18H15ClF4N4O2/c1-27(8-13(28)26-17-24-6-10(19)7-25-17)16(29)11-4-5-12(18(21,22)23)15(20)14(11)9-2-3-9/h4-7,9H,2-3,8H2,1H3,(H,24,25,26,28). The Hall–Kier alpha value is -2.75. The van der Waals surface area contributed by atoms with Crippen molar-refractivity contribution in [2.75, 3.05) is 18.9 Å². The van der Waals surface area contributed by atoms with Crippen molar-refractivity contribution in [3.05, 3.63) is 52.1 Å². The van der Waals surface area contributed by atoms with Crippen LogP contribution in [0.5, 0.6) is 0 Å². The Balaban J connectivity index is 1.78. The number of halogens is 5. The minimum absolute atomic E-state index is 0.0282. The number of alkyl halides is 3. The van der Waals surface area contributed by atoms with Crippen molar-refractivity contribution in [1.29, 1.82) is 0 Å². The second-order valence-corrected chi connectivity index (χ2v) is 7.03. The first-order valence-corrected chi connectivity index (χ1v) is 8.88. The molecule has 3 rings (SSSR count). The van der Waals surface area contributed by atoms with Crippen LogP contribution < -0.4 is 5.32 Å². The Kier molecular flexibility index (Phi) is 5.74. The summed E-state index contributed by atoms with van der Waals surface area (Å²) in [5.41, 5.74) is -1.84. The SMILES string of the molecule is CN(CC(=O)Nc1ncc(Cl)cn1)C(=O)c1ccc(C(F)(F)F)c(F)c1C1CC1. The number of anilines is 1. The minimum atomic E-state index is -4.86. The Morgan fingerprint density at radius 2 is 1.86 bits per heavy atom. The van der Waals surface area contributed by atoms with Crippen molar-refractivity contribution in [3.63, 3.8) is 0 Å². The van der Waals surface area contributed by atoms with E-state index in [2.05, 4.69) is 15.3 Å². The van der Waals surface area contributed by atoms with Crippen molar-refractivity contribution in [3.8, 4) is 0 Å². The highest BCUT2D eigenvalue weighted by atomic mass is 35.5. The lowest BCUT2D eigenvalue weighted by Gasteiger charge is -2.20. The van der Waals surface area contributed by atoms with Gasteiger partial charge < -0.3 is 4.90 Å². The van der Waals surface area contributed by atoms with Crippen molar-refractivity contribution < 1.29 is 27.2 Å². The number of nitrogens with zero attached hydrogens (tertiary/aromatic N) is 3. The van der Waals surface area contributed by atoms with Crippen molar-refractivity contribution in [2.24, 2.45) is 0 Å². The first kappa shape index (κ1) is 21.0. The highest BCUT2D eigenvalue weighted by molar-refractivity contribution is 6.30. The number of benzene rings is 1. The number of nitrogens with one attached hydrogen (secondary N) is 1. The molecule has 0 saturated heterocycles. The van der Waals surface area contributed by atoms with Gasteiger partial charge in [-0.1, -0.05) is 11.6 Å². The number of amides is 2. The average Bonchev–Trinajstić information content (AvgIpc) is 3.46. The van der Waals surface area contributed by atoms with Gasteiger partial charge in [-0.15, -0.1) is 0 Å². The molecule has 1 fully saturated rings. The normalized spacial score (nSPS) is 13.9. The molecule has 0 spiro atoms. The van der Waals surface area contributed by atoms with E-state index in [-0.39, 0.29) is 22.1 Å². The molecule has 1 aromatic carbocycles. The fourth-order valence-electron chi connectivity index (χ4n) is 2.80. The van der Waals surface area contributed by atoms with Crippen LogP contribution >= 0.6 is 11.6 Å². The molecular weight excluding hydrogens is 416 g/mol. The van der Waals surface area contributed by atoms with Crippen molar-refractivity contribution in [2.45, 2.75) is 24.9 Å². The largest absolute Gasteiger partial charge is 0.419 e. The molecule has 0 bridgehead atoms.